The number of rotatable bonds is 54. The molecule has 7 rings (SSSR count). The van der Waals surface area contributed by atoms with Gasteiger partial charge in [-0.05, 0) is 118 Å². The van der Waals surface area contributed by atoms with Gasteiger partial charge in [0, 0.05) is 107 Å². The third kappa shape index (κ3) is 31.3. The van der Waals surface area contributed by atoms with Gasteiger partial charge in [0.05, 0.1) is 32.0 Å². The summed E-state index contributed by atoms with van der Waals surface area (Å²) in [6.45, 7) is 12.4. The lowest BCUT2D eigenvalue weighted by Gasteiger charge is -2.36. The number of aliphatic hydroxyl groups excluding tert-OH is 1. The predicted octanol–water partition coefficient (Wildman–Crippen LogP) is -2.39. The highest BCUT2D eigenvalue weighted by molar-refractivity contribution is 6.02. The SMILES string of the molecule is CCCC[C@@H](C(=O)N(C)[C@@H](CCCC)C(=O)NC(CC(C)C)C(=O)N[C@@H](CNCC(=O)N[C@@H](Cc1ccc(O)cc1)C(=O)N(C)C(C)C)C(=O)NCC(N)=O)N(C)C(=O)[C@H](Cc1c[nH]c2ccccc12)NC(=O)[C@H](CC(N)=O)NC(=O)[C@H](Cc1c[nH]c2ccccc12)NC(=O)[C@@H]1C[C@@H](O)CN1C(=O)[C@H](CC(C)C)NC(=O)[C@H](CC(N)=O)NC(=O)[C@@H]1CCCN1C(=O)[C@H](CCN)NC=O. The number of unbranched alkanes of at least 4 members (excludes halogenated alkanes) is 2. The van der Waals surface area contributed by atoms with Crippen molar-refractivity contribution in [2.45, 2.75) is 255 Å². The number of fused-ring (bicyclic) bond motifs is 2. The number of carbonyl (C=O) groups excluding carboxylic acids is 18. The minimum atomic E-state index is -1.92. The van der Waals surface area contributed by atoms with Crippen molar-refractivity contribution in [1.29, 1.82) is 0 Å². The Balaban J connectivity index is 1.14. The normalized spacial score (nSPS) is 16.7. The van der Waals surface area contributed by atoms with Gasteiger partial charge in [-0.2, -0.15) is 0 Å². The minimum absolute atomic E-state index is 0.00288. The molecule has 0 radical (unpaired) electrons. The number of hydrogen-bond donors (Lipinski definition) is 19. The molecule has 18 amide bonds. The Labute approximate surface area is 772 Å². The van der Waals surface area contributed by atoms with Crippen molar-refractivity contribution >= 4 is 129 Å². The number of β-amino-alcohol motifs (C(OH)–C–C–N with tert-alkyl or cyclic N) is 1. The summed E-state index contributed by atoms with van der Waals surface area (Å²) in [5.74, 6) is -15.7. The Bertz CT molecular complexity index is 4900. The van der Waals surface area contributed by atoms with E-state index >= 15 is 33.6 Å². The summed E-state index contributed by atoms with van der Waals surface area (Å²) in [4.78, 5) is 267. The molecule has 42 nitrogen and oxygen atoms in total. The highest BCUT2D eigenvalue weighted by atomic mass is 16.3. The molecular weight excluding hydrogens is 1720 g/mol. The first-order valence-corrected chi connectivity index (χ1v) is 45.2. The van der Waals surface area contributed by atoms with Crippen LogP contribution in [-0.2, 0) is 106 Å². The molecule has 3 aromatic carbocycles. The Morgan fingerprint density at radius 3 is 1.54 bits per heavy atom. The number of para-hydroxylation sites is 2. The van der Waals surface area contributed by atoms with Crippen LogP contribution in [0.25, 0.3) is 21.8 Å². The number of phenolic OH excluding ortho intramolecular Hbond substituents is 1. The summed E-state index contributed by atoms with van der Waals surface area (Å²) >= 11 is 0. The largest absolute Gasteiger partial charge is 0.508 e. The number of amides is 18. The number of nitrogens with zero attached hydrogens (tertiary/aromatic N) is 5. The third-order valence-corrected chi connectivity index (χ3v) is 23.6. The van der Waals surface area contributed by atoms with Gasteiger partial charge in [-0.3, -0.25) is 86.3 Å². The lowest BCUT2D eigenvalue weighted by molar-refractivity contribution is -0.149. The molecule has 23 N–H and O–H groups in total. The number of nitrogens with one attached hydrogen (secondary N) is 13. The second kappa shape index (κ2) is 51.6. The van der Waals surface area contributed by atoms with Crippen molar-refractivity contribution in [1.82, 2.24) is 93.0 Å². The third-order valence-electron chi connectivity index (χ3n) is 23.6. The molecule has 0 saturated carbocycles. The lowest BCUT2D eigenvalue weighted by Crippen LogP contribution is -2.62. The molecular formula is C91H134N22O20. The van der Waals surface area contributed by atoms with E-state index in [9.17, 15) is 63.0 Å². The Morgan fingerprint density at radius 2 is 0.985 bits per heavy atom. The maximum Gasteiger partial charge on any atom is 0.245 e. The number of hydrogen-bond acceptors (Lipinski definition) is 22. The molecule has 728 valence electrons. The highest BCUT2D eigenvalue weighted by Gasteiger charge is 2.46. The molecule has 4 heterocycles. The van der Waals surface area contributed by atoms with Crippen LogP contribution in [0.4, 0.5) is 0 Å². The second-order valence-electron chi connectivity index (χ2n) is 35.2. The standard InChI is InChI=1S/C91H134N22O20/c1-12-14-25-71(84(126)103-63(35-50(3)4)80(122)108-70(79(121)99-46-77(95)119)45-96-47-78(120)101-68(87(129)109(9)52(7)8)37-53-28-30-56(115)31-29-53)110(10)91(133)73(26-15-13-2)111(11)88(130)69(39-55-44-98-61-24-19-17-22-59(55)61)107-82(124)65(41-75(93)117)102-81(123)64(38-54-43-97-60-23-18-16-21-58(54)60)104-86(128)74-40-57(116)48-113(74)90(132)67(36-51(5)6)106-83(125)66(42-76(94)118)105-85(127)72-27-20-34-112(72)89(131)62(32-33-92)100-49-114/h16-19,21-24,28-31,43-44,49-52,57,62-74,96-98,115-116H,12-15,20,25-27,32-42,45-48,92H2,1-11H3,(H2,93,117)(H2,94,118)(H2,95,119)(H,99,121)(H,100,114)(H,101,120)(H,102,123)(H,103,126)(H,104,128)(H,105,127)(H,106,125)(H,107,124)(H,108,122)/t57-,62+,63?,64+,65+,66+,67+,68+,69+,70+,71+,72+,73+,74+/m1/s1. The van der Waals surface area contributed by atoms with E-state index in [4.69, 9.17) is 22.9 Å². The number of aromatic hydroxyl groups is 1. The highest BCUT2D eigenvalue weighted by Crippen LogP contribution is 2.28. The average molecular weight is 1860 g/mol. The molecule has 2 fully saturated rings. The average Bonchev–Trinajstić information content (AvgIpc) is 1.56. The summed E-state index contributed by atoms with van der Waals surface area (Å²) in [7, 11) is 4.29. The van der Waals surface area contributed by atoms with Crippen molar-refractivity contribution in [2.24, 2.45) is 34.8 Å². The number of primary amides is 3. The molecule has 2 saturated heterocycles. The number of aromatic nitrogens is 2. The van der Waals surface area contributed by atoms with Crippen LogP contribution < -0.4 is 81.4 Å². The van der Waals surface area contributed by atoms with Crippen molar-refractivity contribution in [2.75, 3.05) is 60.4 Å². The summed E-state index contributed by atoms with van der Waals surface area (Å²) in [5, 5.41) is 51.4. The number of H-pyrrole nitrogens is 2. The molecule has 0 spiro atoms. The summed E-state index contributed by atoms with van der Waals surface area (Å²) in [6, 6.07) is 0.874. The molecule has 14 atom stereocenters. The van der Waals surface area contributed by atoms with E-state index in [1.807, 2.05) is 13.8 Å². The number of aliphatic hydroxyl groups is 1. The Hall–Kier alpha value is -13.1. The number of phenols is 1. The molecule has 0 aliphatic carbocycles. The van der Waals surface area contributed by atoms with Gasteiger partial charge in [-0.15, -0.1) is 0 Å². The Kier molecular flexibility index (Phi) is 41.5. The minimum Gasteiger partial charge on any atom is -0.508 e. The molecule has 2 aromatic heterocycles. The van der Waals surface area contributed by atoms with Gasteiger partial charge < -0.3 is 126 Å². The van der Waals surface area contributed by atoms with E-state index in [1.165, 1.54) is 40.9 Å². The van der Waals surface area contributed by atoms with E-state index in [2.05, 4.69) is 68.5 Å². The summed E-state index contributed by atoms with van der Waals surface area (Å²) in [5.41, 5.74) is 25.4. The van der Waals surface area contributed by atoms with Crippen molar-refractivity contribution < 1.29 is 96.5 Å². The van der Waals surface area contributed by atoms with Crippen molar-refractivity contribution in [3.63, 3.8) is 0 Å². The van der Waals surface area contributed by atoms with Crippen LogP contribution in [0, 0.1) is 11.8 Å². The monoisotopic (exact) mass is 1860 g/mol. The second-order valence-corrected chi connectivity index (χ2v) is 35.2. The van der Waals surface area contributed by atoms with Gasteiger partial charge in [0.25, 0.3) is 0 Å². The van der Waals surface area contributed by atoms with Gasteiger partial charge >= 0.3 is 0 Å². The molecule has 1 unspecified atom stereocenters. The molecule has 5 aromatic rings. The number of carbonyl (C=O) groups is 18. The van der Waals surface area contributed by atoms with E-state index in [0.717, 1.165) is 9.80 Å². The maximum absolute atomic E-state index is 15.8. The Morgan fingerprint density at radius 1 is 0.504 bits per heavy atom. The van der Waals surface area contributed by atoms with Crippen LogP contribution in [0.1, 0.15) is 162 Å². The molecule has 133 heavy (non-hydrogen) atoms. The van der Waals surface area contributed by atoms with Crippen LogP contribution in [0.5, 0.6) is 5.75 Å². The number of benzene rings is 3. The molecule has 2 aliphatic rings. The molecule has 42 heteroatoms. The van der Waals surface area contributed by atoms with E-state index < -0.39 is 231 Å². The van der Waals surface area contributed by atoms with Crippen LogP contribution in [0.3, 0.4) is 0 Å². The molecule has 2 aliphatic heterocycles. The van der Waals surface area contributed by atoms with Crippen LogP contribution in [0.15, 0.2) is 85.2 Å². The zero-order valence-corrected chi connectivity index (χ0v) is 77.5. The molecule has 0 bridgehead atoms. The smallest absolute Gasteiger partial charge is 0.245 e. The van der Waals surface area contributed by atoms with E-state index in [0.29, 0.717) is 77.0 Å². The predicted molar refractivity (Wildman–Crippen MR) is 490 cm³/mol. The lowest BCUT2D eigenvalue weighted by atomic mass is 9.99. The fraction of sp³-hybridized carbons (Fsp3) is 0.560. The number of nitrogens with two attached hydrogens (primary N) is 4. The summed E-state index contributed by atoms with van der Waals surface area (Å²) in [6.07, 6.45) is 1.62. The van der Waals surface area contributed by atoms with Gasteiger partial charge in [-0.1, -0.05) is 116 Å². The van der Waals surface area contributed by atoms with Crippen LogP contribution >= 0.6 is 0 Å². The number of likely N-dealkylation sites (tertiary alicyclic amines) is 2. The fourth-order valence-corrected chi connectivity index (χ4v) is 16.3. The van der Waals surface area contributed by atoms with Crippen molar-refractivity contribution in [3.05, 3.63) is 102 Å². The van der Waals surface area contributed by atoms with Crippen molar-refractivity contribution in [3.8, 4) is 5.75 Å². The van der Waals surface area contributed by atoms with Crippen LogP contribution in [0.2, 0.25) is 0 Å². The summed E-state index contributed by atoms with van der Waals surface area (Å²) < 4.78 is 0. The fourth-order valence-electron chi connectivity index (χ4n) is 16.3. The van der Waals surface area contributed by atoms with Crippen LogP contribution in [-0.4, -0.2) is 303 Å². The van der Waals surface area contributed by atoms with E-state index in [-0.39, 0.29) is 94.5 Å². The number of aromatic amines is 2. The number of likely N-dealkylation sites (N-methyl/N-ethyl adjacent to an activating group) is 3. The zero-order valence-electron chi connectivity index (χ0n) is 77.5. The maximum atomic E-state index is 15.8. The van der Waals surface area contributed by atoms with Gasteiger partial charge in [0.1, 0.15) is 84.3 Å². The van der Waals surface area contributed by atoms with E-state index in [1.54, 1.807) is 122 Å². The first kappa shape index (κ1) is 107. The van der Waals surface area contributed by atoms with Gasteiger partial charge in [0.2, 0.25) is 107 Å². The van der Waals surface area contributed by atoms with Gasteiger partial charge in [-0.25, -0.2) is 0 Å². The topological polar surface area (TPSA) is 632 Å². The first-order valence-electron chi connectivity index (χ1n) is 45.2. The first-order chi connectivity index (χ1) is 63.1. The zero-order chi connectivity index (χ0) is 98.2. The quantitative estimate of drug-likeness (QED) is 0.0181. The van der Waals surface area contributed by atoms with Gasteiger partial charge in [0.15, 0.2) is 0 Å².